The molecule has 1 saturated heterocycles. The van der Waals surface area contributed by atoms with Crippen molar-refractivity contribution < 1.29 is 9.53 Å². The highest BCUT2D eigenvalue weighted by molar-refractivity contribution is 5.92. The molecular weight excluding hydrogens is 378 g/mol. The number of ether oxygens (including phenoxy) is 1. The van der Waals surface area contributed by atoms with E-state index in [1.165, 1.54) is 11.1 Å². The molecule has 0 saturated carbocycles. The van der Waals surface area contributed by atoms with E-state index in [1.807, 2.05) is 19.1 Å². The number of carbonyl (C=O) groups is 1. The topological polar surface area (TPSA) is 92.0 Å². The van der Waals surface area contributed by atoms with Gasteiger partial charge in [0.2, 0.25) is 5.91 Å². The third kappa shape index (κ3) is 6.57. The van der Waals surface area contributed by atoms with Crippen LogP contribution < -0.4 is 16.4 Å². The van der Waals surface area contributed by atoms with Crippen molar-refractivity contribution in [2.24, 2.45) is 10.7 Å². The predicted molar refractivity (Wildman–Crippen MR) is 119 cm³/mol. The fourth-order valence-corrected chi connectivity index (χ4v) is 3.40. The number of benzene rings is 2. The molecule has 2 aromatic rings. The molecule has 1 aliphatic heterocycles. The highest BCUT2D eigenvalue weighted by atomic mass is 16.5. The van der Waals surface area contributed by atoms with Gasteiger partial charge in [-0.1, -0.05) is 36.4 Å². The molecule has 1 fully saturated rings. The lowest BCUT2D eigenvalue weighted by atomic mass is 10.1. The van der Waals surface area contributed by atoms with Crippen molar-refractivity contribution in [1.82, 2.24) is 15.5 Å². The Kier molecular flexibility index (Phi) is 8.23. The molecule has 0 radical (unpaired) electrons. The van der Waals surface area contributed by atoms with E-state index in [9.17, 15) is 4.79 Å². The summed E-state index contributed by atoms with van der Waals surface area (Å²) in [5.41, 5.74) is 9.38. The molecule has 0 bridgehead atoms. The van der Waals surface area contributed by atoms with Gasteiger partial charge in [0.1, 0.15) is 0 Å². The molecule has 30 heavy (non-hydrogen) atoms. The molecule has 4 N–H and O–H groups in total. The normalized spacial score (nSPS) is 15.0. The third-order valence-corrected chi connectivity index (χ3v) is 5.04. The smallest absolute Gasteiger partial charge is 0.248 e. The van der Waals surface area contributed by atoms with Gasteiger partial charge in [0, 0.05) is 38.3 Å². The summed E-state index contributed by atoms with van der Waals surface area (Å²) in [5, 5.41) is 6.71. The van der Waals surface area contributed by atoms with Crippen LogP contribution in [0.1, 0.15) is 34.0 Å². The van der Waals surface area contributed by atoms with Gasteiger partial charge in [-0.15, -0.1) is 0 Å². The van der Waals surface area contributed by atoms with Gasteiger partial charge >= 0.3 is 0 Å². The quantitative estimate of drug-likeness (QED) is 0.457. The van der Waals surface area contributed by atoms with Crippen molar-refractivity contribution in [2.45, 2.75) is 26.6 Å². The van der Waals surface area contributed by atoms with Crippen molar-refractivity contribution >= 4 is 11.9 Å². The summed E-state index contributed by atoms with van der Waals surface area (Å²) in [7, 11) is 0. The van der Waals surface area contributed by atoms with Gasteiger partial charge in [-0.05, 0) is 35.7 Å². The lowest BCUT2D eigenvalue weighted by Gasteiger charge is -2.27. The Balaban J connectivity index is 1.63. The third-order valence-electron chi connectivity index (χ3n) is 5.04. The van der Waals surface area contributed by atoms with Crippen LogP contribution in [0, 0.1) is 0 Å². The van der Waals surface area contributed by atoms with Crippen molar-refractivity contribution in [1.29, 1.82) is 0 Å². The van der Waals surface area contributed by atoms with E-state index in [0.717, 1.165) is 50.9 Å². The molecule has 1 heterocycles. The summed E-state index contributed by atoms with van der Waals surface area (Å²) in [4.78, 5) is 18.5. The number of hydrogen-bond donors (Lipinski definition) is 3. The minimum atomic E-state index is -0.428. The Hall–Kier alpha value is -2.90. The summed E-state index contributed by atoms with van der Waals surface area (Å²) in [6, 6.07) is 15.8. The Morgan fingerprint density at radius 3 is 2.60 bits per heavy atom. The number of hydrogen-bond acceptors (Lipinski definition) is 4. The van der Waals surface area contributed by atoms with Crippen LogP contribution in [0.4, 0.5) is 0 Å². The van der Waals surface area contributed by atoms with Crippen molar-refractivity contribution in [3.63, 3.8) is 0 Å². The van der Waals surface area contributed by atoms with Crippen LogP contribution in [0.15, 0.2) is 53.5 Å². The first-order chi connectivity index (χ1) is 14.7. The zero-order valence-corrected chi connectivity index (χ0v) is 17.6. The fraction of sp³-hybridized carbons (Fsp3) is 0.391. The summed E-state index contributed by atoms with van der Waals surface area (Å²) < 4.78 is 5.45. The standard InChI is InChI=1S/C23H31N5O2/c1-2-25-23(26-15-18-6-5-9-19(14-18)22(24)29)27-16-20-7-3-4-8-21(20)17-28-10-12-30-13-11-28/h3-9,14H,2,10-13,15-17H2,1H3,(H2,24,29)(H2,25,26,27). The van der Waals surface area contributed by atoms with Gasteiger partial charge in [0.25, 0.3) is 0 Å². The van der Waals surface area contributed by atoms with E-state index in [-0.39, 0.29) is 0 Å². The first-order valence-electron chi connectivity index (χ1n) is 10.4. The molecule has 2 aromatic carbocycles. The average Bonchev–Trinajstić information content (AvgIpc) is 2.77. The van der Waals surface area contributed by atoms with E-state index in [0.29, 0.717) is 18.7 Å². The lowest BCUT2D eigenvalue weighted by Crippen LogP contribution is -2.38. The average molecular weight is 410 g/mol. The van der Waals surface area contributed by atoms with Gasteiger partial charge in [0.05, 0.1) is 19.8 Å². The first kappa shape index (κ1) is 21.8. The maximum absolute atomic E-state index is 11.4. The minimum absolute atomic E-state index is 0.428. The second-order valence-corrected chi connectivity index (χ2v) is 7.27. The number of guanidine groups is 1. The van der Waals surface area contributed by atoms with Crippen molar-refractivity contribution in [3.05, 3.63) is 70.8 Å². The molecule has 0 aromatic heterocycles. The van der Waals surface area contributed by atoms with E-state index < -0.39 is 5.91 Å². The number of rotatable bonds is 8. The molecule has 0 spiro atoms. The number of carbonyl (C=O) groups excluding carboxylic acids is 1. The zero-order valence-electron chi connectivity index (χ0n) is 17.6. The summed E-state index contributed by atoms with van der Waals surface area (Å²) in [6.07, 6.45) is 0. The van der Waals surface area contributed by atoms with E-state index in [4.69, 9.17) is 10.5 Å². The van der Waals surface area contributed by atoms with Crippen LogP contribution in [0.5, 0.6) is 0 Å². The Labute approximate surface area is 178 Å². The van der Waals surface area contributed by atoms with Gasteiger partial charge in [0.15, 0.2) is 5.96 Å². The van der Waals surface area contributed by atoms with Crippen LogP contribution >= 0.6 is 0 Å². The number of amides is 1. The van der Waals surface area contributed by atoms with Crippen molar-refractivity contribution in [3.8, 4) is 0 Å². The van der Waals surface area contributed by atoms with Gasteiger partial charge in [-0.2, -0.15) is 0 Å². The molecule has 7 nitrogen and oxygen atoms in total. The zero-order chi connectivity index (χ0) is 21.2. The first-order valence-corrected chi connectivity index (χ1v) is 10.4. The lowest BCUT2D eigenvalue weighted by molar-refractivity contribution is 0.0341. The van der Waals surface area contributed by atoms with Crippen LogP contribution in [0.3, 0.4) is 0 Å². The predicted octanol–water partition coefficient (Wildman–Crippen LogP) is 1.87. The summed E-state index contributed by atoms with van der Waals surface area (Å²) >= 11 is 0. The SMILES string of the molecule is CCNC(=NCc1cccc(C(N)=O)c1)NCc1ccccc1CN1CCOCC1. The van der Waals surface area contributed by atoms with Gasteiger partial charge < -0.3 is 21.1 Å². The molecule has 1 amide bonds. The highest BCUT2D eigenvalue weighted by Crippen LogP contribution is 2.13. The monoisotopic (exact) mass is 409 g/mol. The molecule has 0 aliphatic carbocycles. The molecule has 7 heteroatoms. The number of nitrogens with two attached hydrogens (primary N) is 1. The molecule has 160 valence electrons. The Bertz CT molecular complexity index is 862. The van der Waals surface area contributed by atoms with Gasteiger partial charge in [-0.3, -0.25) is 9.69 Å². The second kappa shape index (κ2) is 11.3. The maximum Gasteiger partial charge on any atom is 0.248 e. The van der Waals surface area contributed by atoms with Crippen LogP contribution in [0.25, 0.3) is 0 Å². The molecule has 0 atom stereocenters. The summed E-state index contributed by atoms with van der Waals surface area (Å²) in [6.45, 7) is 8.42. The minimum Gasteiger partial charge on any atom is -0.379 e. The highest BCUT2D eigenvalue weighted by Gasteiger charge is 2.13. The maximum atomic E-state index is 11.4. The summed E-state index contributed by atoms with van der Waals surface area (Å²) in [5.74, 6) is 0.311. The molecule has 3 rings (SSSR count). The largest absolute Gasteiger partial charge is 0.379 e. The van der Waals surface area contributed by atoms with Crippen LogP contribution in [0.2, 0.25) is 0 Å². The molecule has 0 unspecified atom stereocenters. The number of morpholine rings is 1. The van der Waals surface area contributed by atoms with E-state index in [2.05, 4.69) is 44.8 Å². The second-order valence-electron chi connectivity index (χ2n) is 7.27. The number of nitrogens with one attached hydrogen (secondary N) is 2. The number of aliphatic imine (C=N–C) groups is 1. The van der Waals surface area contributed by atoms with Crippen molar-refractivity contribution in [2.75, 3.05) is 32.8 Å². The van der Waals surface area contributed by atoms with Gasteiger partial charge in [-0.25, -0.2) is 4.99 Å². The Morgan fingerprint density at radius 1 is 1.10 bits per heavy atom. The fourth-order valence-electron chi connectivity index (χ4n) is 3.40. The molecule has 1 aliphatic rings. The van der Waals surface area contributed by atoms with Crippen LogP contribution in [-0.2, 0) is 24.4 Å². The number of nitrogens with zero attached hydrogens (tertiary/aromatic N) is 2. The van der Waals surface area contributed by atoms with Crippen LogP contribution in [-0.4, -0.2) is 49.6 Å². The Morgan fingerprint density at radius 2 is 1.87 bits per heavy atom. The van der Waals surface area contributed by atoms with E-state index in [1.54, 1.807) is 12.1 Å². The molecular formula is C23H31N5O2. The number of primary amides is 1. The van der Waals surface area contributed by atoms with E-state index >= 15 is 0 Å².